The summed E-state index contributed by atoms with van der Waals surface area (Å²) < 4.78 is 6.88. The number of allylic oxidation sites excluding steroid dienone is 11. The van der Waals surface area contributed by atoms with E-state index in [2.05, 4.69) is 138 Å². The molecule has 4 heterocycles. The number of hydrogen-bond acceptors (Lipinski definition) is 4. The Labute approximate surface area is 313 Å². The van der Waals surface area contributed by atoms with E-state index < -0.39 is 0 Å². The van der Waals surface area contributed by atoms with Gasteiger partial charge in [0.25, 0.3) is 0 Å². The second-order valence-electron chi connectivity index (χ2n) is 15.4. The standard InChI is InChI=1S/C49H45N3O/c1-3-4-17-37-31(2)53-47-30-41-40-20-10-11-21-45(40)52(46(41)29-42(47)39-19-9-8-18-38(37)39)36-16-12-15-35(28-36)44-27-25-34-23-22-33-24-26-43(32-13-6-5-7-14-32)50-48(33)49(34)51-44/h1,4-7,9,11,13-15,17,19,21-28,30,34,42,44,46-47,49,51H,8,10,12,16,18,20,29H2,2H3/b17-4-/t34?,42-,44?,46?,47?,49?/m1/s1. The quantitative estimate of drug-likeness (QED) is 0.256. The van der Waals surface area contributed by atoms with Crippen LogP contribution in [0.5, 0.6) is 0 Å². The molecule has 0 fully saturated rings. The number of nitrogens with one attached hydrogen (secondary N) is 1. The fraction of sp³-hybridized carbons (Fsp3) is 0.286. The maximum absolute atomic E-state index is 6.88. The van der Waals surface area contributed by atoms with Crippen molar-refractivity contribution in [2.24, 2.45) is 11.8 Å². The third-order valence-electron chi connectivity index (χ3n) is 12.5. The second-order valence-corrected chi connectivity index (χ2v) is 15.4. The van der Waals surface area contributed by atoms with Gasteiger partial charge in [-0.2, -0.15) is 0 Å². The van der Waals surface area contributed by atoms with Crippen LogP contribution in [-0.2, 0) is 4.74 Å². The summed E-state index contributed by atoms with van der Waals surface area (Å²) in [5.41, 5.74) is 15.7. The molecule has 1 N–H and O–H groups in total. The molecule has 4 heteroatoms. The van der Waals surface area contributed by atoms with E-state index in [-0.39, 0.29) is 30.0 Å². The SMILES string of the molecule is C#C/C=C\C1=C(C)OC2C=C3C4=C(C=CCC4)N(C4=CC(C5C=CC6C=Cc7ccc(-c8ccccc8)nc7C6N5)=CCC4)C3C[C@@H]2C2=C1CCC=C2. The molecule has 5 unspecified atom stereocenters. The van der Waals surface area contributed by atoms with Gasteiger partial charge < -0.3 is 9.64 Å². The van der Waals surface area contributed by atoms with E-state index in [9.17, 15) is 0 Å². The smallest absolute Gasteiger partial charge is 0.124 e. The third kappa shape index (κ3) is 5.53. The van der Waals surface area contributed by atoms with E-state index in [1.807, 2.05) is 6.08 Å². The summed E-state index contributed by atoms with van der Waals surface area (Å²) in [6.07, 6.45) is 43.2. The normalized spacial score (nSPS) is 29.6. The molecule has 4 nitrogen and oxygen atoms in total. The van der Waals surface area contributed by atoms with Crippen LogP contribution in [0.2, 0.25) is 0 Å². The van der Waals surface area contributed by atoms with Crippen molar-refractivity contribution in [2.45, 2.75) is 76.1 Å². The Morgan fingerprint density at radius 2 is 1.81 bits per heavy atom. The maximum Gasteiger partial charge on any atom is 0.124 e. The van der Waals surface area contributed by atoms with Crippen LogP contribution >= 0.6 is 0 Å². The molecule has 0 saturated carbocycles. The van der Waals surface area contributed by atoms with Crippen molar-refractivity contribution in [2.75, 3.05) is 0 Å². The highest BCUT2D eigenvalue weighted by Crippen LogP contribution is 2.52. The van der Waals surface area contributed by atoms with E-state index >= 15 is 0 Å². The Kier molecular flexibility index (Phi) is 8.07. The number of hydrogen-bond donors (Lipinski definition) is 1. The van der Waals surface area contributed by atoms with Crippen molar-refractivity contribution in [3.05, 3.63) is 177 Å². The molecule has 3 aliphatic heterocycles. The topological polar surface area (TPSA) is 37.4 Å². The van der Waals surface area contributed by atoms with Gasteiger partial charge in [-0.3, -0.25) is 10.3 Å². The van der Waals surface area contributed by atoms with Crippen LogP contribution in [-0.4, -0.2) is 28.1 Å². The lowest BCUT2D eigenvalue weighted by molar-refractivity contribution is 0.0986. The van der Waals surface area contributed by atoms with Crippen molar-refractivity contribution in [3.8, 4) is 23.6 Å². The monoisotopic (exact) mass is 691 g/mol. The minimum Gasteiger partial charge on any atom is -0.490 e. The zero-order chi connectivity index (χ0) is 35.5. The molecule has 262 valence electrons. The molecule has 0 saturated heterocycles. The van der Waals surface area contributed by atoms with Gasteiger partial charge in [-0.05, 0) is 122 Å². The highest BCUT2D eigenvalue weighted by atomic mass is 16.5. The van der Waals surface area contributed by atoms with Crippen molar-refractivity contribution in [1.82, 2.24) is 15.2 Å². The van der Waals surface area contributed by atoms with Crippen LogP contribution in [0, 0.1) is 24.2 Å². The van der Waals surface area contributed by atoms with E-state index in [1.54, 1.807) is 0 Å². The first-order valence-corrected chi connectivity index (χ1v) is 19.6. The lowest BCUT2D eigenvalue weighted by Crippen LogP contribution is -2.42. The molecule has 1 aromatic heterocycles. The molecule has 8 aliphatic rings. The Morgan fingerprint density at radius 1 is 0.943 bits per heavy atom. The fourth-order valence-electron chi connectivity index (χ4n) is 10.0. The van der Waals surface area contributed by atoms with Gasteiger partial charge in [-0.15, -0.1) is 6.42 Å². The molecule has 2 aromatic rings. The fourth-order valence-corrected chi connectivity index (χ4v) is 10.0. The lowest BCUT2D eigenvalue weighted by Gasteiger charge is -2.40. The van der Waals surface area contributed by atoms with Crippen LogP contribution in [0.25, 0.3) is 17.3 Å². The molecule has 6 atom stereocenters. The van der Waals surface area contributed by atoms with Gasteiger partial charge in [-0.25, -0.2) is 0 Å². The van der Waals surface area contributed by atoms with Crippen LogP contribution in [0.15, 0.2) is 166 Å². The summed E-state index contributed by atoms with van der Waals surface area (Å²) in [4.78, 5) is 7.98. The Morgan fingerprint density at radius 3 is 2.70 bits per heavy atom. The molecule has 0 radical (unpaired) electrons. The highest BCUT2D eigenvalue weighted by molar-refractivity contribution is 5.65. The van der Waals surface area contributed by atoms with Crippen molar-refractivity contribution in [1.29, 1.82) is 0 Å². The Bertz CT molecular complexity index is 2280. The lowest BCUT2D eigenvalue weighted by atomic mass is 9.74. The maximum atomic E-state index is 6.88. The molecular weight excluding hydrogens is 647 g/mol. The predicted molar refractivity (Wildman–Crippen MR) is 215 cm³/mol. The average Bonchev–Trinajstić information content (AvgIpc) is 3.48. The first kappa shape index (κ1) is 32.3. The van der Waals surface area contributed by atoms with Gasteiger partial charge in [-0.1, -0.05) is 90.9 Å². The van der Waals surface area contributed by atoms with Gasteiger partial charge in [0.1, 0.15) is 11.9 Å². The molecule has 0 spiro atoms. The Hall–Kier alpha value is -5.37. The van der Waals surface area contributed by atoms with Crippen LogP contribution in [0.1, 0.15) is 69.2 Å². The minimum atomic E-state index is 0.00842. The number of benzene rings is 1. The van der Waals surface area contributed by atoms with Crippen molar-refractivity contribution >= 4 is 6.08 Å². The summed E-state index contributed by atoms with van der Waals surface area (Å²) in [6, 6.07) is 15.4. The second kappa shape index (κ2) is 13.2. The number of pyridine rings is 1. The van der Waals surface area contributed by atoms with Crippen molar-refractivity contribution in [3.63, 3.8) is 0 Å². The third-order valence-corrected chi connectivity index (χ3v) is 12.5. The largest absolute Gasteiger partial charge is 0.490 e. The summed E-state index contributed by atoms with van der Waals surface area (Å²) in [5, 5.41) is 4.06. The predicted octanol–water partition coefficient (Wildman–Crippen LogP) is 10.3. The summed E-state index contributed by atoms with van der Waals surface area (Å²) in [6.45, 7) is 2.12. The van der Waals surface area contributed by atoms with Crippen LogP contribution in [0.3, 0.4) is 0 Å². The molecule has 53 heavy (non-hydrogen) atoms. The zero-order valence-electron chi connectivity index (χ0n) is 30.3. The molecule has 1 aromatic carbocycles. The van der Waals surface area contributed by atoms with Gasteiger partial charge in [0.05, 0.1) is 29.5 Å². The Balaban J connectivity index is 0.978. The molecule has 10 rings (SSSR count). The number of rotatable bonds is 4. The van der Waals surface area contributed by atoms with E-state index in [4.69, 9.17) is 16.1 Å². The number of fused-ring (bicyclic) bond motifs is 7. The number of aromatic nitrogens is 1. The van der Waals surface area contributed by atoms with E-state index in [1.165, 1.54) is 50.4 Å². The molecule has 0 bridgehead atoms. The van der Waals surface area contributed by atoms with Gasteiger partial charge in [0.2, 0.25) is 0 Å². The number of nitrogens with zero attached hydrogens (tertiary/aromatic N) is 2. The number of terminal acetylenes is 1. The highest BCUT2D eigenvalue weighted by Gasteiger charge is 2.46. The molecule has 5 aliphatic carbocycles. The van der Waals surface area contributed by atoms with E-state index in [0.29, 0.717) is 6.04 Å². The first-order valence-electron chi connectivity index (χ1n) is 19.6. The zero-order valence-corrected chi connectivity index (χ0v) is 30.3. The summed E-state index contributed by atoms with van der Waals surface area (Å²) in [7, 11) is 0. The van der Waals surface area contributed by atoms with Crippen LogP contribution in [0.4, 0.5) is 0 Å². The molecule has 0 amide bonds. The van der Waals surface area contributed by atoms with E-state index in [0.717, 1.165) is 67.7 Å². The van der Waals surface area contributed by atoms with Crippen molar-refractivity contribution < 1.29 is 4.74 Å². The first-order chi connectivity index (χ1) is 26.1. The number of ether oxygens (including phenoxy) is 1. The molecular formula is C49H45N3O. The van der Waals surface area contributed by atoms with Gasteiger partial charge in [0.15, 0.2) is 0 Å². The minimum absolute atomic E-state index is 0.00842. The summed E-state index contributed by atoms with van der Waals surface area (Å²) >= 11 is 0. The average molecular weight is 692 g/mol. The summed E-state index contributed by atoms with van der Waals surface area (Å²) in [5.74, 6) is 4.25. The van der Waals surface area contributed by atoms with Crippen LogP contribution < -0.4 is 5.32 Å². The van der Waals surface area contributed by atoms with Gasteiger partial charge in [0, 0.05) is 34.4 Å². The van der Waals surface area contributed by atoms with Gasteiger partial charge >= 0.3 is 0 Å².